The number of thioether (sulfide) groups is 1. The van der Waals surface area contributed by atoms with Crippen LogP contribution in [0.2, 0.25) is 0 Å². The molecule has 1 aliphatic carbocycles. The van der Waals surface area contributed by atoms with Gasteiger partial charge in [-0.2, -0.15) is 11.8 Å². The molecule has 0 radical (unpaired) electrons. The molecule has 5 nitrogen and oxygen atoms in total. The van der Waals surface area contributed by atoms with Crippen LogP contribution in [0.3, 0.4) is 0 Å². The summed E-state index contributed by atoms with van der Waals surface area (Å²) in [5.41, 5.74) is 0.984. The van der Waals surface area contributed by atoms with E-state index in [-0.39, 0.29) is 29.8 Å². The molecule has 2 N–H and O–H groups in total. The van der Waals surface area contributed by atoms with Crippen LogP contribution >= 0.6 is 35.7 Å². The van der Waals surface area contributed by atoms with Crippen molar-refractivity contribution in [3.63, 3.8) is 0 Å². The predicted molar refractivity (Wildman–Crippen MR) is 129 cm³/mol. The minimum Gasteiger partial charge on any atom is -0.439 e. The van der Waals surface area contributed by atoms with Crippen molar-refractivity contribution in [1.29, 1.82) is 0 Å². The van der Waals surface area contributed by atoms with Gasteiger partial charge in [0.1, 0.15) is 11.6 Å². The van der Waals surface area contributed by atoms with Crippen LogP contribution in [0.1, 0.15) is 31.7 Å². The highest BCUT2D eigenvalue weighted by Crippen LogP contribution is 2.28. The van der Waals surface area contributed by atoms with Crippen molar-refractivity contribution in [3.05, 3.63) is 54.0 Å². The van der Waals surface area contributed by atoms with E-state index in [9.17, 15) is 4.39 Å². The van der Waals surface area contributed by atoms with E-state index in [1.807, 2.05) is 17.8 Å². The molecule has 2 unspecified atom stereocenters. The van der Waals surface area contributed by atoms with Crippen molar-refractivity contribution in [2.24, 2.45) is 4.99 Å². The maximum Gasteiger partial charge on any atom is 0.219 e. The zero-order valence-electron chi connectivity index (χ0n) is 16.7. The van der Waals surface area contributed by atoms with Gasteiger partial charge >= 0.3 is 0 Å². The van der Waals surface area contributed by atoms with Gasteiger partial charge in [0.25, 0.3) is 0 Å². The lowest BCUT2D eigenvalue weighted by Gasteiger charge is -2.17. The number of hydrogen-bond acceptors (Lipinski definition) is 4. The Labute approximate surface area is 193 Å². The van der Waals surface area contributed by atoms with E-state index in [2.05, 4.69) is 33.8 Å². The minimum atomic E-state index is -0.335. The lowest BCUT2D eigenvalue weighted by molar-refractivity contribution is 0.457. The molecule has 1 aliphatic rings. The van der Waals surface area contributed by atoms with Crippen molar-refractivity contribution >= 4 is 41.7 Å². The van der Waals surface area contributed by atoms with Crippen molar-refractivity contribution < 1.29 is 9.13 Å². The summed E-state index contributed by atoms with van der Waals surface area (Å²) in [7, 11) is 0. The molecule has 1 heterocycles. The number of aliphatic imine (C=N–C) groups is 1. The first-order valence-corrected chi connectivity index (χ1v) is 10.9. The Balaban J connectivity index is 0.00000300. The maximum absolute atomic E-state index is 13.2. The SMILES string of the molecule is CCNC(=NCc1ccc(Oc2cccc(F)c2)nc1)NC1CCC(SC)C1.I. The van der Waals surface area contributed by atoms with Crippen molar-refractivity contribution in [2.75, 3.05) is 12.8 Å². The number of nitrogens with one attached hydrogen (secondary N) is 2. The monoisotopic (exact) mass is 530 g/mol. The second kappa shape index (κ2) is 12.2. The van der Waals surface area contributed by atoms with Crippen molar-refractivity contribution in [3.8, 4) is 11.6 Å². The number of halogens is 2. The number of nitrogens with zero attached hydrogens (tertiary/aromatic N) is 2. The molecule has 0 bridgehead atoms. The van der Waals surface area contributed by atoms with Gasteiger partial charge in [-0.05, 0) is 50.1 Å². The van der Waals surface area contributed by atoms with Gasteiger partial charge in [-0.25, -0.2) is 14.4 Å². The third-order valence-electron chi connectivity index (χ3n) is 4.64. The normalized spacial score (nSPS) is 18.8. The highest BCUT2D eigenvalue weighted by molar-refractivity contribution is 14.0. The van der Waals surface area contributed by atoms with Gasteiger partial charge in [0, 0.05) is 36.2 Å². The Morgan fingerprint density at radius 1 is 1.31 bits per heavy atom. The van der Waals surface area contributed by atoms with Crippen LogP contribution < -0.4 is 15.4 Å². The molecule has 158 valence electrons. The summed E-state index contributed by atoms with van der Waals surface area (Å²) in [6.45, 7) is 3.42. The molecule has 29 heavy (non-hydrogen) atoms. The first-order valence-electron chi connectivity index (χ1n) is 9.62. The fourth-order valence-electron chi connectivity index (χ4n) is 3.19. The number of benzene rings is 1. The van der Waals surface area contributed by atoms with Crippen LogP contribution in [-0.2, 0) is 6.54 Å². The molecule has 3 rings (SSSR count). The summed E-state index contributed by atoms with van der Waals surface area (Å²) in [6.07, 6.45) is 7.54. The zero-order valence-corrected chi connectivity index (χ0v) is 19.9. The predicted octanol–water partition coefficient (Wildman–Crippen LogP) is 4.97. The van der Waals surface area contributed by atoms with Crippen molar-refractivity contribution in [2.45, 2.75) is 44.0 Å². The molecule has 1 fully saturated rings. The average molecular weight is 530 g/mol. The number of aromatic nitrogens is 1. The number of guanidine groups is 1. The van der Waals surface area contributed by atoms with E-state index >= 15 is 0 Å². The van der Waals surface area contributed by atoms with Gasteiger partial charge in [0.2, 0.25) is 5.88 Å². The van der Waals surface area contributed by atoms with Gasteiger partial charge in [0.05, 0.1) is 6.54 Å². The summed E-state index contributed by atoms with van der Waals surface area (Å²) in [5.74, 6) is 1.36. The molecular weight excluding hydrogens is 502 g/mol. The van der Waals surface area contributed by atoms with E-state index < -0.39 is 0 Å². The largest absolute Gasteiger partial charge is 0.439 e. The molecule has 0 saturated heterocycles. The molecule has 0 spiro atoms. The van der Waals surface area contributed by atoms with Crippen LogP contribution in [0.15, 0.2) is 47.6 Å². The van der Waals surface area contributed by atoms with E-state index in [1.54, 1.807) is 24.4 Å². The molecule has 1 saturated carbocycles. The summed E-state index contributed by atoms with van der Waals surface area (Å²) >= 11 is 1.95. The van der Waals surface area contributed by atoms with E-state index in [0.29, 0.717) is 24.2 Å². The van der Waals surface area contributed by atoms with E-state index in [1.165, 1.54) is 31.4 Å². The third-order valence-corrected chi connectivity index (χ3v) is 5.73. The zero-order chi connectivity index (χ0) is 19.8. The van der Waals surface area contributed by atoms with Crippen LogP contribution in [0.25, 0.3) is 0 Å². The molecule has 8 heteroatoms. The summed E-state index contributed by atoms with van der Waals surface area (Å²) < 4.78 is 18.8. The highest BCUT2D eigenvalue weighted by Gasteiger charge is 2.24. The topological polar surface area (TPSA) is 58.5 Å². The van der Waals surface area contributed by atoms with Crippen LogP contribution in [0.5, 0.6) is 11.6 Å². The first-order chi connectivity index (χ1) is 13.7. The Hall–Kier alpha value is -1.55. The minimum absolute atomic E-state index is 0. The Bertz CT molecular complexity index is 791. The molecular formula is C21H28FIN4OS. The van der Waals surface area contributed by atoms with Crippen LogP contribution in [-0.4, -0.2) is 35.0 Å². The highest BCUT2D eigenvalue weighted by atomic mass is 127. The summed E-state index contributed by atoms with van der Waals surface area (Å²) in [6, 6.07) is 10.2. The third kappa shape index (κ3) is 7.65. The van der Waals surface area contributed by atoms with Gasteiger partial charge in [-0.1, -0.05) is 12.1 Å². The van der Waals surface area contributed by atoms with Gasteiger partial charge in [0.15, 0.2) is 5.96 Å². The Morgan fingerprint density at radius 3 is 2.83 bits per heavy atom. The second-order valence-electron chi connectivity index (χ2n) is 6.77. The number of rotatable bonds is 7. The lowest BCUT2D eigenvalue weighted by Crippen LogP contribution is -2.42. The second-order valence-corrected chi connectivity index (χ2v) is 7.91. The average Bonchev–Trinajstić information content (AvgIpc) is 3.15. The van der Waals surface area contributed by atoms with E-state index in [4.69, 9.17) is 4.74 Å². The smallest absolute Gasteiger partial charge is 0.219 e. The standard InChI is InChI=1S/C21H27FN4OS.HI/c1-3-23-21(26-17-8-9-19(12-17)28-2)25-14-15-7-10-20(24-13-15)27-18-6-4-5-16(22)11-18;/h4-7,10-11,13,17,19H,3,8-9,12,14H2,1-2H3,(H2,23,25,26);1H. The fraction of sp³-hybridized carbons (Fsp3) is 0.429. The molecule has 2 aromatic rings. The molecule has 1 aromatic heterocycles. The van der Waals surface area contributed by atoms with Gasteiger partial charge in [-0.3, -0.25) is 0 Å². The Morgan fingerprint density at radius 2 is 2.17 bits per heavy atom. The number of hydrogen-bond donors (Lipinski definition) is 2. The number of pyridine rings is 1. The molecule has 0 aliphatic heterocycles. The van der Waals surface area contributed by atoms with Gasteiger partial charge in [-0.15, -0.1) is 24.0 Å². The Kier molecular flexibility index (Phi) is 9.99. The first kappa shape index (κ1) is 23.7. The molecule has 2 atom stereocenters. The lowest BCUT2D eigenvalue weighted by atomic mass is 10.2. The molecule has 0 amide bonds. The van der Waals surface area contributed by atoms with Crippen LogP contribution in [0.4, 0.5) is 4.39 Å². The number of ether oxygens (including phenoxy) is 1. The summed E-state index contributed by atoms with van der Waals surface area (Å²) in [4.78, 5) is 8.97. The fourth-order valence-corrected chi connectivity index (χ4v) is 3.98. The van der Waals surface area contributed by atoms with E-state index in [0.717, 1.165) is 23.3 Å². The van der Waals surface area contributed by atoms with Crippen LogP contribution in [0, 0.1) is 5.82 Å². The maximum atomic E-state index is 13.2. The van der Waals surface area contributed by atoms with Gasteiger partial charge < -0.3 is 15.4 Å². The van der Waals surface area contributed by atoms with Crippen molar-refractivity contribution in [1.82, 2.24) is 15.6 Å². The summed E-state index contributed by atoms with van der Waals surface area (Å²) in [5, 5.41) is 7.60. The quantitative estimate of drug-likeness (QED) is 0.301. The molecule has 1 aromatic carbocycles.